The first kappa shape index (κ1) is 18.2. The van der Waals surface area contributed by atoms with Gasteiger partial charge in [-0.2, -0.15) is 0 Å². The van der Waals surface area contributed by atoms with Crippen molar-refractivity contribution in [3.8, 4) is 0 Å². The Hall–Kier alpha value is -0.810. The van der Waals surface area contributed by atoms with Crippen LogP contribution < -0.4 is 0 Å². The second-order valence-electron chi connectivity index (χ2n) is 6.74. The number of ether oxygens (including phenoxy) is 2. The highest BCUT2D eigenvalue weighted by Crippen LogP contribution is 2.22. The van der Waals surface area contributed by atoms with E-state index in [4.69, 9.17) is 14.6 Å². The Labute approximate surface area is 128 Å². The van der Waals surface area contributed by atoms with Gasteiger partial charge in [0.2, 0.25) is 0 Å². The second kappa shape index (κ2) is 9.26. The first-order valence-corrected chi connectivity index (χ1v) is 8.09. The molecule has 1 fully saturated rings. The van der Waals surface area contributed by atoms with E-state index in [0.29, 0.717) is 5.92 Å². The highest BCUT2D eigenvalue weighted by Gasteiger charge is 2.26. The number of unbranched alkanes of at least 4 members (excludes halogenated alkanes) is 1. The molecule has 0 aromatic heterocycles. The van der Waals surface area contributed by atoms with Gasteiger partial charge >= 0.3 is 6.09 Å². The molecule has 1 heterocycles. The van der Waals surface area contributed by atoms with Crippen LogP contribution >= 0.6 is 0 Å². The zero-order valence-electron chi connectivity index (χ0n) is 13.8. The smallest absolute Gasteiger partial charge is 0.410 e. The number of piperidine rings is 1. The van der Waals surface area contributed by atoms with Gasteiger partial charge in [-0.3, -0.25) is 0 Å². The third kappa shape index (κ3) is 8.27. The molecule has 0 saturated carbocycles. The lowest BCUT2D eigenvalue weighted by atomic mass is 9.94. The van der Waals surface area contributed by atoms with E-state index in [1.807, 2.05) is 25.7 Å². The molecule has 1 aliphatic rings. The molecule has 21 heavy (non-hydrogen) atoms. The van der Waals surface area contributed by atoms with Gasteiger partial charge in [0.15, 0.2) is 0 Å². The largest absolute Gasteiger partial charge is 0.444 e. The molecule has 1 saturated heterocycles. The zero-order valence-corrected chi connectivity index (χ0v) is 13.8. The zero-order chi connectivity index (χ0) is 15.7. The number of likely N-dealkylation sites (tertiary alicyclic amines) is 1. The van der Waals surface area contributed by atoms with Crippen molar-refractivity contribution in [1.82, 2.24) is 4.90 Å². The summed E-state index contributed by atoms with van der Waals surface area (Å²) in [6.07, 6.45) is 4.66. The van der Waals surface area contributed by atoms with Gasteiger partial charge in [0.05, 0.1) is 0 Å². The fourth-order valence-electron chi connectivity index (χ4n) is 2.40. The van der Waals surface area contributed by atoms with E-state index in [1.165, 1.54) is 0 Å². The lowest BCUT2D eigenvalue weighted by molar-refractivity contribution is 0.0166. The van der Waals surface area contributed by atoms with E-state index < -0.39 is 5.60 Å². The first-order chi connectivity index (χ1) is 9.92. The number of carbonyl (C=O) groups excluding carboxylic acids is 1. The van der Waals surface area contributed by atoms with E-state index >= 15 is 0 Å². The molecule has 0 atom stereocenters. The molecule has 124 valence electrons. The number of aliphatic hydroxyl groups is 1. The van der Waals surface area contributed by atoms with Crippen molar-refractivity contribution >= 4 is 6.09 Å². The predicted octanol–water partition coefficient (Wildman–Crippen LogP) is 2.81. The number of aliphatic hydroxyl groups excluding tert-OH is 1. The molecule has 0 aromatic rings. The lowest BCUT2D eigenvalue weighted by Crippen LogP contribution is -2.41. The summed E-state index contributed by atoms with van der Waals surface area (Å²) in [6.45, 7) is 9.00. The Morgan fingerprint density at radius 3 is 2.43 bits per heavy atom. The average Bonchev–Trinajstić information content (AvgIpc) is 2.41. The van der Waals surface area contributed by atoms with Crippen molar-refractivity contribution in [2.45, 2.75) is 58.5 Å². The van der Waals surface area contributed by atoms with E-state index in [0.717, 1.165) is 58.4 Å². The molecule has 5 nitrogen and oxygen atoms in total. The van der Waals surface area contributed by atoms with Crippen LogP contribution in [-0.4, -0.2) is 54.6 Å². The molecule has 0 bridgehead atoms. The third-order valence-corrected chi connectivity index (χ3v) is 3.63. The van der Waals surface area contributed by atoms with Crippen LogP contribution in [0.25, 0.3) is 0 Å². The first-order valence-electron chi connectivity index (χ1n) is 8.09. The van der Waals surface area contributed by atoms with Crippen LogP contribution in [0, 0.1) is 5.92 Å². The van der Waals surface area contributed by atoms with Crippen molar-refractivity contribution in [2.24, 2.45) is 5.92 Å². The molecule has 0 radical (unpaired) electrons. The molecule has 1 N–H and O–H groups in total. The Morgan fingerprint density at radius 1 is 1.19 bits per heavy atom. The minimum atomic E-state index is -0.420. The van der Waals surface area contributed by atoms with Crippen molar-refractivity contribution in [3.05, 3.63) is 0 Å². The summed E-state index contributed by atoms with van der Waals surface area (Å²) in [4.78, 5) is 13.7. The second-order valence-corrected chi connectivity index (χ2v) is 6.74. The van der Waals surface area contributed by atoms with Crippen LogP contribution in [0.1, 0.15) is 52.9 Å². The minimum absolute atomic E-state index is 0.193. The van der Waals surface area contributed by atoms with Gasteiger partial charge in [-0.25, -0.2) is 4.79 Å². The van der Waals surface area contributed by atoms with Crippen LogP contribution in [0.2, 0.25) is 0 Å². The van der Waals surface area contributed by atoms with Crippen LogP contribution in [0.4, 0.5) is 4.79 Å². The Kier molecular flexibility index (Phi) is 8.04. The molecule has 0 spiro atoms. The summed E-state index contributed by atoms with van der Waals surface area (Å²) in [6, 6.07) is 0. The summed E-state index contributed by atoms with van der Waals surface area (Å²) in [5, 5.41) is 8.67. The molecule has 0 aromatic carbocycles. The van der Waals surface area contributed by atoms with E-state index in [1.54, 1.807) is 0 Å². The Bertz CT molecular complexity index is 293. The van der Waals surface area contributed by atoms with Gasteiger partial charge in [0.25, 0.3) is 0 Å². The third-order valence-electron chi connectivity index (χ3n) is 3.63. The normalized spacial score (nSPS) is 17.0. The maximum absolute atomic E-state index is 11.9. The van der Waals surface area contributed by atoms with Gasteiger partial charge in [0, 0.05) is 32.9 Å². The number of rotatable bonds is 7. The van der Waals surface area contributed by atoms with Crippen molar-refractivity contribution < 1.29 is 19.4 Å². The summed E-state index contributed by atoms with van der Waals surface area (Å²) in [5.74, 6) is 0.640. The van der Waals surface area contributed by atoms with Crippen LogP contribution in [0.15, 0.2) is 0 Å². The number of amides is 1. The Balaban J connectivity index is 2.10. The summed E-state index contributed by atoms with van der Waals surface area (Å²) in [7, 11) is 0. The maximum Gasteiger partial charge on any atom is 0.410 e. The van der Waals surface area contributed by atoms with E-state index in [9.17, 15) is 4.79 Å². The number of nitrogens with zero attached hydrogens (tertiary/aromatic N) is 1. The highest BCUT2D eigenvalue weighted by atomic mass is 16.6. The summed E-state index contributed by atoms with van der Waals surface area (Å²) >= 11 is 0. The SMILES string of the molecule is CC(C)(C)OC(=O)N1CCC(CCOCCCCO)CC1. The van der Waals surface area contributed by atoms with Gasteiger partial charge in [-0.15, -0.1) is 0 Å². The van der Waals surface area contributed by atoms with Crippen molar-refractivity contribution in [2.75, 3.05) is 32.9 Å². The standard InChI is InChI=1S/C16H31NO4/c1-16(2,3)21-15(19)17-9-6-14(7-10-17)8-13-20-12-5-4-11-18/h14,18H,4-13H2,1-3H3. The molecular weight excluding hydrogens is 270 g/mol. The van der Waals surface area contributed by atoms with Gasteiger partial charge in [0.1, 0.15) is 5.60 Å². The number of hydrogen-bond acceptors (Lipinski definition) is 4. The van der Waals surface area contributed by atoms with Crippen molar-refractivity contribution in [3.63, 3.8) is 0 Å². The molecule has 1 aliphatic heterocycles. The summed E-state index contributed by atoms with van der Waals surface area (Å²) < 4.78 is 11.0. The summed E-state index contributed by atoms with van der Waals surface area (Å²) in [5.41, 5.74) is -0.420. The fraction of sp³-hybridized carbons (Fsp3) is 0.938. The van der Waals surface area contributed by atoms with Gasteiger partial charge in [-0.05, 0) is 58.8 Å². The quantitative estimate of drug-likeness (QED) is 0.735. The topological polar surface area (TPSA) is 59.0 Å². The van der Waals surface area contributed by atoms with Crippen LogP contribution in [0.5, 0.6) is 0 Å². The van der Waals surface area contributed by atoms with E-state index in [2.05, 4.69) is 0 Å². The average molecular weight is 301 g/mol. The minimum Gasteiger partial charge on any atom is -0.444 e. The predicted molar refractivity (Wildman–Crippen MR) is 82.3 cm³/mol. The van der Waals surface area contributed by atoms with Crippen LogP contribution in [-0.2, 0) is 9.47 Å². The molecule has 5 heteroatoms. The fourth-order valence-corrected chi connectivity index (χ4v) is 2.40. The molecule has 0 unspecified atom stereocenters. The number of carbonyl (C=O) groups is 1. The van der Waals surface area contributed by atoms with Crippen LogP contribution in [0.3, 0.4) is 0 Å². The number of hydrogen-bond donors (Lipinski definition) is 1. The monoisotopic (exact) mass is 301 g/mol. The highest BCUT2D eigenvalue weighted by molar-refractivity contribution is 5.68. The molecular formula is C16H31NO4. The molecule has 1 amide bonds. The Morgan fingerprint density at radius 2 is 1.86 bits per heavy atom. The van der Waals surface area contributed by atoms with Gasteiger partial charge < -0.3 is 19.5 Å². The van der Waals surface area contributed by atoms with E-state index in [-0.39, 0.29) is 12.7 Å². The van der Waals surface area contributed by atoms with Gasteiger partial charge in [-0.1, -0.05) is 0 Å². The lowest BCUT2D eigenvalue weighted by Gasteiger charge is -2.33. The molecule has 1 rings (SSSR count). The van der Waals surface area contributed by atoms with Crippen molar-refractivity contribution in [1.29, 1.82) is 0 Å². The molecule has 0 aliphatic carbocycles. The maximum atomic E-state index is 11.9.